The molecule has 0 unspecified atom stereocenters. The second-order valence-electron chi connectivity index (χ2n) is 5.41. The summed E-state index contributed by atoms with van der Waals surface area (Å²) >= 11 is 0. The summed E-state index contributed by atoms with van der Waals surface area (Å²) in [7, 11) is 0. The van der Waals surface area contributed by atoms with E-state index in [-0.39, 0.29) is 11.4 Å². The molecule has 0 bridgehead atoms. The molecule has 1 aromatic heterocycles. The maximum absolute atomic E-state index is 12.3. The van der Waals surface area contributed by atoms with Crippen LogP contribution >= 0.6 is 0 Å². The summed E-state index contributed by atoms with van der Waals surface area (Å²) in [4.78, 5) is 15.7. The van der Waals surface area contributed by atoms with Crippen LogP contribution in [0, 0.1) is 0 Å². The van der Waals surface area contributed by atoms with Gasteiger partial charge in [0.2, 0.25) is 0 Å². The lowest BCUT2D eigenvalue weighted by atomic mass is 9.99. The molecule has 0 fully saturated rings. The number of aromatic nitrogens is 3. The Morgan fingerprint density at radius 2 is 2.17 bits per heavy atom. The number of benzene rings is 1. The van der Waals surface area contributed by atoms with Crippen LogP contribution in [-0.4, -0.2) is 39.5 Å². The van der Waals surface area contributed by atoms with Gasteiger partial charge in [-0.2, -0.15) is 5.10 Å². The zero-order valence-electron chi connectivity index (χ0n) is 12.6. The van der Waals surface area contributed by atoms with Crippen LogP contribution in [0.1, 0.15) is 17.8 Å². The van der Waals surface area contributed by atoms with Crippen LogP contribution in [0.25, 0.3) is 5.57 Å². The van der Waals surface area contributed by atoms with Gasteiger partial charge in [-0.05, 0) is 29.7 Å². The minimum Gasteiger partial charge on any atom is -0.406 e. The van der Waals surface area contributed by atoms with Gasteiger partial charge in [-0.3, -0.25) is 9.88 Å². The summed E-state index contributed by atoms with van der Waals surface area (Å²) in [5, 5.41) is 6.16. The van der Waals surface area contributed by atoms with E-state index in [2.05, 4.69) is 24.8 Å². The minimum absolute atomic E-state index is 0.225. The van der Waals surface area contributed by atoms with Crippen LogP contribution in [0.5, 0.6) is 5.75 Å². The molecule has 9 heteroatoms. The fourth-order valence-electron chi connectivity index (χ4n) is 2.60. The number of nitrogens with zero attached hydrogens (tertiary/aromatic N) is 2. The van der Waals surface area contributed by atoms with E-state index in [9.17, 15) is 18.0 Å². The Hall–Kier alpha value is -2.55. The first-order valence-corrected chi connectivity index (χ1v) is 7.30. The van der Waals surface area contributed by atoms with E-state index < -0.39 is 6.36 Å². The average Bonchev–Trinajstić information content (AvgIpc) is 2.92. The number of hydrogen-bond donors (Lipinski definition) is 2. The normalized spacial score (nSPS) is 16.0. The van der Waals surface area contributed by atoms with Crippen molar-refractivity contribution in [3.05, 3.63) is 52.2 Å². The highest BCUT2D eigenvalue weighted by Crippen LogP contribution is 2.28. The van der Waals surface area contributed by atoms with Gasteiger partial charge in [0.1, 0.15) is 11.6 Å². The van der Waals surface area contributed by atoms with Gasteiger partial charge < -0.3 is 4.74 Å². The third kappa shape index (κ3) is 4.25. The van der Waals surface area contributed by atoms with E-state index in [1.165, 1.54) is 18.2 Å². The number of nitrogens with one attached hydrogen (secondary N) is 2. The summed E-state index contributed by atoms with van der Waals surface area (Å²) in [6.45, 7) is 1.83. The van der Waals surface area contributed by atoms with Crippen molar-refractivity contribution < 1.29 is 17.9 Å². The first-order valence-electron chi connectivity index (χ1n) is 7.30. The van der Waals surface area contributed by atoms with E-state index in [1.54, 1.807) is 6.07 Å². The Bertz CT molecular complexity index is 794. The highest BCUT2D eigenvalue weighted by Gasteiger charge is 2.31. The van der Waals surface area contributed by atoms with E-state index in [4.69, 9.17) is 0 Å². The summed E-state index contributed by atoms with van der Waals surface area (Å²) in [5.74, 6) is 0.329. The summed E-state index contributed by atoms with van der Waals surface area (Å²) in [5.41, 5.74) is 1.33. The minimum atomic E-state index is -4.70. The van der Waals surface area contributed by atoms with Gasteiger partial charge >= 0.3 is 12.1 Å². The van der Waals surface area contributed by atoms with Crippen molar-refractivity contribution in [2.45, 2.75) is 19.3 Å². The highest BCUT2D eigenvalue weighted by molar-refractivity contribution is 5.67. The molecule has 2 heterocycles. The smallest absolute Gasteiger partial charge is 0.406 e. The van der Waals surface area contributed by atoms with Crippen molar-refractivity contribution in [3.8, 4) is 5.75 Å². The zero-order valence-corrected chi connectivity index (χ0v) is 12.6. The van der Waals surface area contributed by atoms with Crippen molar-refractivity contribution in [1.29, 1.82) is 0 Å². The average molecular weight is 340 g/mol. The van der Waals surface area contributed by atoms with Gasteiger partial charge in [0, 0.05) is 13.1 Å². The van der Waals surface area contributed by atoms with Crippen molar-refractivity contribution in [1.82, 2.24) is 20.1 Å². The van der Waals surface area contributed by atoms with Gasteiger partial charge in [-0.1, -0.05) is 18.2 Å². The number of hydrogen-bond acceptors (Lipinski definition) is 4. The van der Waals surface area contributed by atoms with Crippen molar-refractivity contribution >= 4 is 5.57 Å². The third-order valence-electron chi connectivity index (χ3n) is 3.66. The molecular weight excluding hydrogens is 325 g/mol. The molecule has 0 atom stereocenters. The molecule has 0 radical (unpaired) electrons. The number of aromatic amines is 2. The van der Waals surface area contributed by atoms with E-state index in [0.717, 1.165) is 5.57 Å². The molecule has 128 valence electrons. The van der Waals surface area contributed by atoms with Gasteiger partial charge in [0.15, 0.2) is 0 Å². The highest BCUT2D eigenvalue weighted by atomic mass is 19.4. The molecule has 2 aromatic rings. The Labute approximate surface area is 134 Å². The summed E-state index contributed by atoms with van der Waals surface area (Å²) in [6, 6.07) is 5.97. The second kappa shape index (κ2) is 6.52. The molecule has 1 aliphatic heterocycles. The largest absolute Gasteiger partial charge is 0.573 e. The van der Waals surface area contributed by atoms with Crippen LogP contribution in [0.4, 0.5) is 13.2 Å². The second-order valence-corrected chi connectivity index (χ2v) is 5.41. The van der Waals surface area contributed by atoms with Crippen LogP contribution < -0.4 is 10.4 Å². The molecule has 1 aromatic carbocycles. The summed E-state index contributed by atoms with van der Waals surface area (Å²) < 4.78 is 40.8. The first-order chi connectivity index (χ1) is 11.4. The first kappa shape index (κ1) is 16.3. The molecule has 2 N–H and O–H groups in total. The molecule has 1 aliphatic rings. The molecule has 6 nitrogen and oxygen atoms in total. The lowest BCUT2D eigenvalue weighted by molar-refractivity contribution is -0.274. The number of alkyl halides is 3. The van der Waals surface area contributed by atoms with Gasteiger partial charge in [-0.25, -0.2) is 9.89 Å². The maximum Gasteiger partial charge on any atom is 0.573 e. The predicted octanol–water partition coefficient (Wildman–Crippen LogP) is 2.29. The predicted molar refractivity (Wildman–Crippen MR) is 80.2 cm³/mol. The molecule has 0 spiro atoms. The topological polar surface area (TPSA) is 74.0 Å². The van der Waals surface area contributed by atoms with Gasteiger partial charge in [0.25, 0.3) is 0 Å². The van der Waals surface area contributed by atoms with Crippen LogP contribution in [-0.2, 0) is 6.54 Å². The van der Waals surface area contributed by atoms with Crippen LogP contribution in [0.15, 0.2) is 35.1 Å². The lowest BCUT2D eigenvalue weighted by Crippen LogP contribution is -2.28. The fourth-order valence-corrected chi connectivity index (χ4v) is 2.60. The van der Waals surface area contributed by atoms with Crippen molar-refractivity contribution in [2.24, 2.45) is 0 Å². The quantitative estimate of drug-likeness (QED) is 0.896. The Morgan fingerprint density at radius 1 is 1.33 bits per heavy atom. The molecule has 24 heavy (non-hydrogen) atoms. The number of halogens is 3. The molecule has 0 saturated heterocycles. The van der Waals surface area contributed by atoms with Crippen LogP contribution in [0.3, 0.4) is 0 Å². The standard InChI is InChI=1S/C15H15F3N4O2/c16-15(17,18)24-12-3-1-2-11(8-12)10-4-6-22(7-5-10)9-13-19-14(23)21-20-13/h1-4,8H,5-7,9H2,(H2,19,20,21,23). The third-order valence-corrected chi connectivity index (χ3v) is 3.66. The van der Waals surface area contributed by atoms with Gasteiger partial charge in [0.05, 0.1) is 6.54 Å². The molecule has 0 amide bonds. The lowest BCUT2D eigenvalue weighted by Gasteiger charge is -2.25. The molecule has 0 saturated carbocycles. The molecule has 3 rings (SSSR count). The van der Waals surface area contributed by atoms with E-state index in [1.807, 2.05) is 6.08 Å². The Kier molecular flexibility index (Phi) is 4.43. The van der Waals surface area contributed by atoms with Crippen molar-refractivity contribution in [3.63, 3.8) is 0 Å². The number of rotatable bonds is 4. The Morgan fingerprint density at radius 3 is 2.79 bits per heavy atom. The molecule has 0 aliphatic carbocycles. The monoisotopic (exact) mass is 340 g/mol. The fraction of sp³-hybridized carbons (Fsp3) is 0.333. The molecular formula is C15H15F3N4O2. The zero-order chi connectivity index (χ0) is 17.2. The SMILES string of the molecule is O=c1[nH]nc(CN2CC=C(c3cccc(OC(F)(F)F)c3)CC2)[nH]1. The van der Waals surface area contributed by atoms with E-state index >= 15 is 0 Å². The number of H-pyrrole nitrogens is 2. The maximum atomic E-state index is 12.3. The van der Waals surface area contributed by atoms with Gasteiger partial charge in [-0.15, -0.1) is 13.2 Å². The van der Waals surface area contributed by atoms with Crippen molar-refractivity contribution in [2.75, 3.05) is 13.1 Å². The number of ether oxygens (including phenoxy) is 1. The Balaban J connectivity index is 1.66. The summed E-state index contributed by atoms with van der Waals surface area (Å²) in [6.07, 6.45) is -2.05. The van der Waals surface area contributed by atoms with E-state index in [0.29, 0.717) is 37.4 Å². The van der Waals surface area contributed by atoms with Crippen LogP contribution in [0.2, 0.25) is 0 Å².